The molecule has 0 amide bonds. The highest BCUT2D eigenvalue weighted by Crippen LogP contribution is 2.37. The molecule has 0 saturated carbocycles. The van der Waals surface area contributed by atoms with Crippen molar-refractivity contribution in [3.63, 3.8) is 0 Å². The Hall–Kier alpha value is -1.19. The highest BCUT2D eigenvalue weighted by molar-refractivity contribution is 7.07. The Morgan fingerprint density at radius 1 is 1.28 bits per heavy atom. The Morgan fingerprint density at radius 3 is 2.83 bits per heavy atom. The van der Waals surface area contributed by atoms with Crippen LogP contribution in [0.3, 0.4) is 0 Å². The average Bonchev–Trinajstić information content (AvgIpc) is 2.91. The minimum atomic E-state index is 0.211. The van der Waals surface area contributed by atoms with Crippen molar-refractivity contribution in [3.05, 3.63) is 52.0 Å². The number of hydrogen-bond donors (Lipinski definition) is 1. The molecule has 2 aromatic rings. The summed E-state index contributed by atoms with van der Waals surface area (Å²) >= 11 is 1.67. The number of thiazole rings is 1. The van der Waals surface area contributed by atoms with E-state index in [4.69, 9.17) is 5.73 Å². The summed E-state index contributed by atoms with van der Waals surface area (Å²) in [6.45, 7) is 0.749. The summed E-state index contributed by atoms with van der Waals surface area (Å²) in [6, 6.07) is 8.77. The van der Waals surface area contributed by atoms with Gasteiger partial charge in [0.05, 0.1) is 11.2 Å². The molecule has 0 aliphatic heterocycles. The van der Waals surface area contributed by atoms with Crippen LogP contribution < -0.4 is 5.73 Å². The van der Waals surface area contributed by atoms with Crippen molar-refractivity contribution >= 4 is 11.3 Å². The maximum absolute atomic E-state index is 6.09. The molecular formula is C15H18N2S. The first-order valence-electron chi connectivity index (χ1n) is 6.45. The van der Waals surface area contributed by atoms with E-state index in [9.17, 15) is 0 Å². The van der Waals surface area contributed by atoms with Crippen LogP contribution >= 0.6 is 11.3 Å². The molecule has 1 aromatic carbocycles. The minimum Gasteiger partial charge on any atom is -0.330 e. The van der Waals surface area contributed by atoms with Crippen molar-refractivity contribution in [2.45, 2.75) is 25.7 Å². The fraction of sp³-hybridized carbons (Fsp3) is 0.400. The van der Waals surface area contributed by atoms with Crippen molar-refractivity contribution in [1.29, 1.82) is 0 Å². The predicted molar refractivity (Wildman–Crippen MR) is 75.8 cm³/mol. The first-order valence-corrected chi connectivity index (χ1v) is 7.40. The average molecular weight is 258 g/mol. The van der Waals surface area contributed by atoms with Gasteiger partial charge in [-0.1, -0.05) is 24.3 Å². The van der Waals surface area contributed by atoms with E-state index in [1.165, 1.54) is 23.2 Å². The number of benzene rings is 1. The fourth-order valence-electron chi connectivity index (χ4n) is 2.97. The van der Waals surface area contributed by atoms with Crippen molar-refractivity contribution in [3.8, 4) is 0 Å². The van der Waals surface area contributed by atoms with Crippen LogP contribution in [0.25, 0.3) is 0 Å². The van der Waals surface area contributed by atoms with E-state index < -0.39 is 0 Å². The van der Waals surface area contributed by atoms with Crippen LogP contribution in [0.15, 0.2) is 35.2 Å². The number of aromatic nitrogens is 1. The van der Waals surface area contributed by atoms with Gasteiger partial charge >= 0.3 is 0 Å². The number of hydrogen-bond acceptors (Lipinski definition) is 3. The van der Waals surface area contributed by atoms with E-state index in [2.05, 4.69) is 34.6 Å². The smallest absolute Gasteiger partial charge is 0.0794 e. The van der Waals surface area contributed by atoms with E-state index in [0.29, 0.717) is 0 Å². The lowest BCUT2D eigenvalue weighted by atomic mass is 9.69. The summed E-state index contributed by atoms with van der Waals surface area (Å²) < 4.78 is 0. The summed E-state index contributed by atoms with van der Waals surface area (Å²) in [5, 5.41) is 2.15. The summed E-state index contributed by atoms with van der Waals surface area (Å²) in [5.41, 5.74) is 12.4. The lowest BCUT2D eigenvalue weighted by molar-refractivity contribution is 0.252. The molecule has 1 atom stereocenters. The van der Waals surface area contributed by atoms with Crippen LogP contribution in [0.4, 0.5) is 0 Å². The summed E-state index contributed by atoms with van der Waals surface area (Å²) in [4.78, 5) is 4.42. The van der Waals surface area contributed by atoms with Gasteiger partial charge in [-0.05, 0) is 48.8 Å². The molecule has 0 spiro atoms. The van der Waals surface area contributed by atoms with Gasteiger partial charge in [0.1, 0.15) is 0 Å². The van der Waals surface area contributed by atoms with Crippen molar-refractivity contribution in [2.75, 3.05) is 6.54 Å². The number of rotatable bonds is 3. The van der Waals surface area contributed by atoms with Gasteiger partial charge in [-0.3, -0.25) is 0 Å². The highest BCUT2D eigenvalue weighted by Gasteiger charge is 2.33. The Balaban J connectivity index is 1.86. The first-order chi connectivity index (χ1) is 8.81. The Morgan fingerprint density at radius 2 is 2.11 bits per heavy atom. The number of nitrogens with two attached hydrogens (primary N) is 1. The topological polar surface area (TPSA) is 38.9 Å². The van der Waals surface area contributed by atoms with Gasteiger partial charge in [-0.2, -0.15) is 0 Å². The standard InChI is InChI=1S/C15H18N2S/c16-10-15(8-14-9-18-11-17-14)6-5-12-3-1-2-4-13(12)7-15/h1-4,9,11H,5-8,10,16H2. The molecule has 0 saturated heterocycles. The van der Waals surface area contributed by atoms with Gasteiger partial charge in [0.15, 0.2) is 0 Å². The summed E-state index contributed by atoms with van der Waals surface area (Å²) in [6.07, 6.45) is 4.44. The predicted octanol–water partition coefficient (Wildman–Crippen LogP) is 2.82. The second-order valence-electron chi connectivity index (χ2n) is 5.31. The van der Waals surface area contributed by atoms with Gasteiger partial charge < -0.3 is 5.73 Å². The minimum absolute atomic E-state index is 0.211. The van der Waals surface area contributed by atoms with Crippen LogP contribution in [0, 0.1) is 5.41 Å². The Labute approximate surface area is 112 Å². The number of aryl methyl sites for hydroxylation is 1. The van der Waals surface area contributed by atoms with Crippen molar-refractivity contribution in [2.24, 2.45) is 11.1 Å². The zero-order valence-corrected chi connectivity index (χ0v) is 11.2. The molecule has 18 heavy (non-hydrogen) atoms. The molecule has 2 nitrogen and oxygen atoms in total. The van der Waals surface area contributed by atoms with Gasteiger partial charge in [0.25, 0.3) is 0 Å². The van der Waals surface area contributed by atoms with E-state index in [0.717, 1.165) is 25.8 Å². The van der Waals surface area contributed by atoms with E-state index in [-0.39, 0.29) is 5.41 Å². The molecule has 0 bridgehead atoms. The lowest BCUT2D eigenvalue weighted by Gasteiger charge is -2.37. The van der Waals surface area contributed by atoms with Gasteiger partial charge in [0, 0.05) is 5.38 Å². The quantitative estimate of drug-likeness (QED) is 0.919. The van der Waals surface area contributed by atoms with E-state index in [1.807, 2.05) is 5.51 Å². The van der Waals surface area contributed by atoms with E-state index >= 15 is 0 Å². The molecule has 3 heteroatoms. The molecule has 0 fully saturated rings. The van der Waals surface area contributed by atoms with Crippen LogP contribution in [0.5, 0.6) is 0 Å². The Kier molecular flexibility index (Phi) is 3.18. The largest absolute Gasteiger partial charge is 0.330 e. The monoisotopic (exact) mass is 258 g/mol. The molecule has 1 aliphatic rings. The molecule has 2 N–H and O–H groups in total. The number of nitrogens with zero attached hydrogens (tertiary/aromatic N) is 1. The fourth-order valence-corrected chi connectivity index (χ4v) is 3.53. The zero-order chi connectivity index (χ0) is 12.4. The third kappa shape index (κ3) is 2.20. The molecular weight excluding hydrogens is 240 g/mol. The zero-order valence-electron chi connectivity index (χ0n) is 10.4. The third-order valence-corrected chi connectivity index (χ3v) is 4.72. The van der Waals surface area contributed by atoms with Crippen molar-refractivity contribution < 1.29 is 0 Å². The highest BCUT2D eigenvalue weighted by atomic mass is 32.1. The van der Waals surface area contributed by atoms with Crippen LogP contribution in [-0.4, -0.2) is 11.5 Å². The SMILES string of the molecule is NCC1(Cc2cscn2)CCc2ccccc2C1. The summed E-state index contributed by atoms with van der Waals surface area (Å²) in [5.74, 6) is 0. The second-order valence-corrected chi connectivity index (χ2v) is 6.02. The lowest BCUT2D eigenvalue weighted by Crippen LogP contribution is -2.38. The molecule has 0 radical (unpaired) electrons. The molecule has 3 rings (SSSR count). The van der Waals surface area contributed by atoms with Crippen LogP contribution in [0.1, 0.15) is 23.2 Å². The number of fused-ring (bicyclic) bond motifs is 1. The second kappa shape index (κ2) is 4.82. The van der Waals surface area contributed by atoms with Gasteiger partial charge in [-0.25, -0.2) is 4.98 Å². The first kappa shape index (κ1) is 11.9. The molecule has 1 aromatic heterocycles. The van der Waals surface area contributed by atoms with E-state index in [1.54, 1.807) is 11.3 Å². The van der Waals surface area contributed by atoms with Crippen molar-refractivity contribution in [1.82, 2.24) is 4.98 Å². The molecule has 94 valence electrons. The van der Waals surface area contributed by atoms with Crippen LogP contribution in [0.2, 0.25) is 0 Å². The summed E-state index contributed by atoms with van der Waals surface area (Å²) in [7, 11) is 0. The maximum atomic E-state index is 6.09. The Bertz CT molecular complexity index is 521. The molecule has 1 unspecified atom stereocenters. The third-order valence-electron chi connectivity index (χ3n) is 4.08. The van der Waals surface area contributed by atoms with Gasteiger partial charge in [0.2, 0.25) is 0 Å². The van der Waals surface area contributed by atoms with Crippen LogP contribution in [-0.2, 0) is 19.3 Å². The normalized spacial score (nSPS) is 22.7. The molecule has 1 heterocycles. The maximum Gasteiger partial charge on any atom is 0.0794 e. The van der Waals surface area contributed by atoms with Gasteiger partial charge in [-0.15, -0.1) is 11.3 Å². The molecule has 1 aliphatic carbocycles.